The van der Waals surface area contributed by atoms with Crippen LogP contribution in [0.1, 0.15) is 17.2 Å². The molecule has 0 saturated heterocycles. The van der Waals surface area contributed by atoms with Crippen molar-refractivity contribution in [1.82, 2.24) is 5.32 Å². The van der Waals surface area contributed by atoms with Crippen molar-refractivity contribution in [3.05, 3.63) is 199 Å². The minimum atomic E-state index is 0.177. The molecule has 1 unspecified atom stereocenters. The van der Waals surface area contributed by atoms with Gasteiger partial charge in [-0.15, -0.1) is 0 Å². The highest BCUT2D eigenvalue weighted by molar-refractivity contribution is 6.24. The quantitative estimate of drug-likeness (QED) is 0.191. The summed E-state index contributed by atoms with van der Waals surface area (Å²) < 4.78 is 0. The highest BCUT2D eigenvalue weighted by Crippen LogP contribution is 2.46. The highest BCUT2D eigenvalue weighted by Gasteiger charge is 2.19. The molecule has 0 fully saturated rings. The number of dihydropyridines is 1. The zero-order valence-electron chi connectivity index (χ0n) is 26.5. The summed E-state index contributed by atoms with van der Waals surface area (Å²) in [5.41, 5.74) is 11.2. The van der Waals surface area contributed by atoms with Crippen molar-refractivity contribution in [2.24, 2.45) is 0 Å². The van der Waals surface area contributed by atoms with Crippen LogP contribution in [0.15, 0.2) is 188 Å². The standard InChI is InChI=1S/C47H33N/c1-3-14-32(15-4-1)37-24-12-26-39-38(37)25-13-27-40(39)47-43-22-9-7-20-41(43)46(42-21-8-10-23-44(42)47)35-19-11-18-34(30-35)36-28-29-45(48-31-36)33-16-5-2-6-17-33/h1-31,45,48H. The fourth-order valence-electron chi connectivity index (χ4n) is 7.51. The van der Waals surface area contributed by atoms with Gasteiger partial charge >= 0.3 is 0 Å². The van der Waals surface area contributed by atoms with Gasteiger partial charge in [0.1, 0.15) is 0 Å². The predicted octanol–water partition coefficient (Wildman–Crippen LogP) is 12.4. The molecule has 1 atom stereocenters. The molecule has 226 valence electrons. The first-order valence-corrected chi connectivity index (χ1v) is 16.6. The van der Waals surface area contributed by atoms with Crippen molar-refractivity contribution < 1.29 is 0 Å². The zero-order chi connectivity index (χ0) is 31.9. The summed E-state index contributed by atoms with van der Waals surface area (Å²) in [6.07, 6.45) is 6.65. The number of benzene rings is 8. The fraction of sp³-hybridized carbons (Fsp3) is 0.0213. The van der Waals surface area contributed by atoms with Gasteiger partial charge in [-0.05, 0) is 88.5 Å². The largest absolute Gasteiger partial charge is 0.380 e. The third kappa shape index (κ3) is 4.80. The molecule has 1 aliphatic heterocycles. The number of allylic oxidation sites excluding steroid dienone is 2. The Kier molecular flexibility index (Phi) is 6.95. The maximum absolute atomic E-state index is 3.61. The first-order valence-electron chi connectivity index (χ1n) is 16.6. The maximum atomic E-state index is 3.61. The van der Waals surface area contributed by atoms with Crippen LogP contribution in [0.5, 0.6) is 0 Å². The summed E-state index contributed by atoms with van der Waals surface area (Å²) >= 11 is 0. The second-order valence-corrected chi connectivity index (χ2v) is 12.5. The lowest BCUT2D eigenvalue weighted by Crippen LogP contribution is -2.16. The molecule has 9 rings (SSSR count). The minimum absolute atomic E-state index is 0.177. The Morgan fingerprint density at radius 1 is 0.375 bits per heavy atom. The van der Waals surface area contributed by atoms with Crippen LogP contribution in [0.4, 0.5) is 0 Å². The molecular weight excluding hydrogens is 579 g/mol. The van der Waals surface area contributed by atoms with Gasteiger partial charge in [0.15, 0.2) is 0 Å². The highest BCUT2D eigenvalue weighted by atomic mass is 14.9. The normalized spacial score (nSPS) is 14.2. The Balaban J connectivity index is 1.22. The molecule has 1 aliphatic rings. The number of nitrogens with one attached hydrogen (secondary N) is 1. The second-order valence-electron chi connectivity index (χ2n) is 12.5. The molecule has 8 aromatic carbocycles. The molecule has 0 aromatic heterocycles. The Labute approximate surface area is 281 Å². The number of rotatable bonds is 5. The van der Waals surface area contributed by atoms with Crippen LogP contribution in [-0.2, 0) is 0 Å². The summed E-state index contributed by atoms with van der Waals surface area (Å²) in [4.78, 5) is 0. The second kappa shape index (κ2) is 11.9. The van der Waals surface area contributed by atoms with Crippen LogP contribution in [0, 0.1) is 0 Å². The molecule has 0 radical (unpaired) electrons. The lowest BCUT2D eigenvalue weighted by Gasteiger charge is -2.21. The van der Waals surface area contributed by atoms with Gasteiger partial charge in [0.2, 0.25) is 0 Å². The predicted molar refractivity (Wildman–Crippen MR) is 205 cm³/mol. The summed E-state index contributed by atoms with van der Waals surface area (Å²) in [6, 6.07) is 61.8. The topological polar surface area (TPSA) is 12.0 Å². The first kappa shape index (κ1) is 28.1. The fourth-order valence-corrected chi connectivity index (χ4v) is 7.51. The van der Waals surface area contributed by atoms with Crippen molar-refractivity contribution in [2.75, 3.05) is 0 Å². The first-order chi connectivity index (χ1) is 23.8. The van der Waals surface area contributed by atoms with Gasteiger partial charge in [-0.2, -0.15) is 0 Å². The molecule has 48 heavy (non-hydrogen) atoms. The molecular formula is C47H33N. The Bertz CT molecular complexity index is 2470. The van der Waals surface area contributed by atoms with Crippen molar-refractivity contribution in [3.8, 4) is 33.4 Å². The van der Waals surface area contributed by atoms with Crippen LogP contribution >= 0.6 is 0 Å². The molecule has 1 heteroatoms. The third-order valence-electron chi connectivity index (χ3n) is 9.74. The third-order valence-corrected chi connectivity index (χ3v) is 9.74. The van der Waals surface area contributed by atoms with E-state index in [1.54, 1.807) is 0 Å². The van der Waals surface area contributed by atoms with Gasteiger partial charge in [0, 0.05) is 6.20 Å². The number of hydrogen-bond acceptors (Lipinski definition) is 1. The average Bonchev–Trinajstić information content (AvgIpc) is 3.17. The summed E-state index contributed by atoms with van der Waals surface area (Å²) in [7, 11) is 0. The monoisotopic (exact) mass is 611 g/mol. The summed E-state index contributed by atoms with van der Waals surface area (Å²) in [6.45, 7) is 0. The van der Waals surface area contributed by atoms with Crippen LogP contribution < -0.4 is 5.32 Å². The van der Waals surface area contributed by atoms with E-state index in [1.165, 1.54) is 82.4 Å². The van der Waals surface area contributed by atoms with E-state index in [-0.39, 0.29) is 6.04 Å². The molecule has 8 aromatic rings. The van der Waals surface area contributed by atoms with E-state index >= 15 is 0 Å². The van der Waals surface area contributed by atoms with Crippen molar-refractivity contribution in [1.29, 1.82) is 0 Å². The van der Waals surface area contributed by atoms with Gasteiger partial charge in [-0.1, -0.05) is 176 Å². The average molecular weight is 612 g/mol. The lowest BCUT2D eigenvalue weighted by molar-refractivity contribution is 0.749. The number of hydrogen-bond donors (Lipinski definition) is 1. The molecule has 1 nitrogen and oxygen atoms in total. The van der Waals surface area contributed by atoms with Crippen LogP contribution in [0.25, 0.3) is 71.3 Å². The molecule has 1 N–H and O–H groups in total. The Hall–Kier alpha value is -6.18. The van der Waals surface area contributed by atoms with E-state index in [2.05, 4.69) is 194 Å². The van der Waals surface area contributed by atoms with Crippen molar-refractivity contribution in [3.63, 3.8) is 0 Å². The summed E-state index contributed by atoms with van der Waals surface area (Å²) in [5, 5.41) is 11.2. The van der Waals surface area contributed by atoms with Gasteiger partial charge < -0.3 is 5.32 Å². The van der Waals surface area contributed by atoms with E-state index in [1.807, 2.05) is 0 Å². The minimum Gasteiger partial charge on any atom is -0.380 e. The molecule has 0 aliphatic carbocycles. The van der Waals surface area contributed by atoms with E-state index in [9.17, 15) is 0 Å². The van der Waals surface area contributed by atoms with Crippen molar-refractivity contribution in [2.45, 2.75) is 6.04 Å². The lowest BCUT2D eigenvalue weighted by atomic mass is 9.83. The van der Waals surface area contributed by atoms with E-state index in [0.717, 1.165) is 0 Å². The molecule has 1 heterocycles. The SMILES string of the molecule is C1=CC(c2ccccc2)NC=C1c1cccc(-c2c3ccccc3c(-c3cccc4c(-c5ccccc5)cccc34)c3ccccc23)c1. The van der Waals surface area contributed by atoms with Crippen molar-refractivity contribution >= 4 is 37.9 Å². The Morgan fingerprint density at radius 2 is 0.875 bits per heavy atom. The summed E-state index contributed by atoms with van der Waals surface area (Å²) in [5.74, 6) is 0. The van der Waals surface area contributed by atoms with Gasteiger partial charge in [0.05, 0.1) is 6.04 Å². The molecule has 0 bridgehead atoms. The van der Waals surface area contributed by atoms with E-state index in [4.69, 9.17) is 0 Å². The van der Waals surface area contributed by atoms with Gasteiger partial charge in [-0.25, -0.2) is 0 Å². The Morgan fingerprint density at radius 3 is 1.52 bits per heavy atom. The molecule has 0 spiro atoms. The zero-order valence-corrected chi connectivity index (χ0v) is 26.5. The smallest absolute Gasteiger partial charge is 0.0696 e. The van der Waals surface area contributed by atoms with Crippen LogP contribution in [0.3, 0.4) is 0 Å². The molecule has 0 amide bonds. The van der Waals surface area contributed by atoms with Crippen LogP contribution in [-0.4, -0.2) is 0 Å². The van der Waals surface area contributed by atoms with Crippen LogP contribution in [0.2, 0.25) is 0 Å². The van der Waals surface area contributed by atoms with Gasteiger partial charge in [0.25, 0.3) is 0 Å². The van der Waals surface area contributed by atoms with E-state index < -0.39 is 0 Å². The number of fused-ring (bicyclic) bond motifs is 3. The van der Waals surface area contributed by atoms with E-state index in [0.29, 0.717) is 0 Å². The maximum Gasteiger partial charge on any atom is 0.0696 e. The van der Waals surface area contributed by atoms with Gasteiger partial charge in [-0.3, -0.25) is 0 Å². The molecule has 0 saturated carbocycles.